The summed E-state index contributed by atoms with van der Waals surface area (Å²) in [6, 6.07) is 1.78. The van der Waals surface area contributed by atoms with Gasteiger partial charge >= 0.3 is 5.97 Å². The molecule has 1 aromatic heterocycles. The van der Waals surface area contributed by atoms with Crippen LogP contribution in [0.25, 0.3) is 0 Å². The summed E-state index contributed by atoms with van der Waals surface area (Å²) in [7, 11) is 3.29. The number of hydrogen-bond donors (Lipinski definition) is 0. The van der Waals surface area contributed by atoms with E-state index >= 15 is 0 Å². The molecule has 2 heterocycles. The highest BCUT2D eigenvalue weighted by Crippen LogP contribution is 2.19. The molecular formula is C14H19BrNO4+. The third-order valence-electron chi connectivity index (χ3n) is 3.25. The summed E-state index contributed by atoms with van der Waals surface area (Å²) >= 11 is 3.51. The van der Waals surface area contributed by atoms with E-state index in [2.05, 4.69) is 15.9 Å². The number of pyridine rings is 1. The quantitative estimate of drug-likeness (QED) is 0.616. The number of ether oxygens (including phenoxy) is 3. The second-order valence-electron chi connectivity index (χ2n) is 4.69. The van der Waals surface area contributed by atoms with Crippen LogP contribution in [0, 0.1) is 0 Å². The lowest BCUT2D eigenvalue weighted by molar-refractivity contribution is -0.680. The summed E-state index contributed by atoms with van der Waals surface area (Å²) in [6.45, 7) is 1.53. The van der Waals surface area contributed by atoms with Gasteiger partial charge in [-0.05, 0) is 28.4 Å². The lowest BCUT2D eigenvalue weighted by Crippen LogP contribution is -2.36. The van der Waals surface area contributed by atoms with Crippen molar-refractivity contribution in [2.24, 2.45) is 7.05 Å². The van der Waals surface area contributed by atoms with Gasteiger partial charge in [-0.25, -0.2) is 9.36 Å². The Morgan fingerprint density at radius 2 is 2.20 bits per heavy atom. The SMILES string of the molecule is COC(=O)c1cc(Br)c(CCC2OCCCO2)[n+](C)c1. The van der Waals surface area contributed by atoms with E-state index in [1.165, 1.54) is 7.11 Å². The number of hydrogen-bond acceptors (Lipinski definition) is 4. The summed E-state index contributed by atoms with van der Waals surface area (Å²) in [5.74, 6) is -0.341. The maximum absolute atomic E-state index is 11.5. The summed E-state index contributed by atoms with van der Waals surface area (Å²) in [6.07, 6.45) is 4.21. The molecule has 0 spiro atoms. The molecule has 1 aliphatic rings. The maximum atomic E-state index is 11.5. The van der Waals surface area contributed by atoms with Crippen LogP contribution in [0.1, 0.15) is 28.9 Å². The second kappa shape index (κ2) is 7.15. The smallest absolute Gasteiger partial charge is 0.344 e. The third-order valence-corrected chi connectivity index (χ3v) is 3.94. The van der Waals surface area contributed by atoms with E-state index in [0.717, 1.165) is 42.6 Å². The van der Waals surface area contributed by atoms with Crippen molar-refractivity contribution in [2.45, 2.75) is 25.6 Å². The largest absolute Gasteiger partial charge is 0.465 e. The van der Waals surface area contributed by atoms with Gasteiger partial charge in [0, 0.05) is 12.8 Å². The Labute approximate surface area is 127 Å². The normalized spacial score (nSPS) is 16.1. The van der Waals surface area contributed by atoms with Crippen LogP contribution in [-0.2, 0) is 27.7 Å². The van der Waals surface area contributed by atoms with Gasteiger partial charge in [-0.3, -0.25) is 0 Å². The molecule has 110 valence electrons. The third kappa shape index (κ3) is 3.77. The molecule has 0 saturated carbocycles. The minimum absolute atomic E-state index is 0.129. The molecule has 2 rings (SSSR count). The zero-order chi connectivity index (χ0) is 14.5. The van der Waals surface area contributed by atoms with Gasteiger partial charge in [-0.2, -0.15) is 0 Å². The first kappa shape index (κ1) is 15.4. The highest BCUT2D eigenvalue weighted by molar-refractivity contribution is 9.10. The maximum Gasteiger partial charge on any atom is 0.344 e. The molecular weight excluding hydrogens is 326 g/mol. The molecule has 1 aliphatic heterocycles. The van der Waals surface area contributed by atoms with Crippen molar-refractivity contribution in [3.8, 4) is 0 Å². The van der Waals surface area contributed by atoms with Gasteiger partial charge in [0.25, 0.3) is 0 Å². The molecule has 1 aromatic rings. The summed E-state index contributed by atoms with van der Waals surface area (Å²) in [5, 5.41) is 0. The van der Waals surface area contributed by atoms with Crippen LogP contribution in [0.4, 0.5) is 0 Å². The summed E-state index contributed by atoms with van der Waals surface area (Å²) in [5.41, 5.74) is 1.62. The Morgan fingerprint density at radius 3 is 2.80 bits per heavy atom. The minimum Gasteiger partial charge on any atom is -0.465 e. The molecule has 1 saturated heterocycles. The van der Waals surface area contributed by atoms with Crippen LogP contribution < -0.4 is 4.57 Å². The van der Waals surface area contributed by atoms with E-state index in [0.29, 0.717) is 5.56 Å². The predicted octanol–water partition coefficient (Wildman–Crippen LogP) is 1.76. The van der Waals surface area contributed by atoms with E-state index in [1.807, 2.05) is 11.6 Å². The van der Waals surface area contributed by atoms with Crippen molar-refractivity contribution in [2.75, 3.05) is 20.3 Å². The van der Waals surface area contributed by atoms with Gasteiger partial charge in [0.05, 0.1) is 24.8 Å². The number of esters is 1. The number of methoxy groups -OCH3 is 1. The molecule has 0 radical (unpaired) electrons. The average molecular weight is 345 g/mol. The highest BCUT2D eigenvalue weighted by Gasteiger charge is 2.21. The first-order valence-electron chi connectivity index (χ1n) is 6.61. The lowest BCUT2D eigenvalue weighted by atomic mass is 10.1. The Kier molecular flexibility index (Phi) is 5.51. The predicted molar refractivity (Wildman–Crippen MR) is 75.3 cm³/mol. The van der Waals surface area contributed by atoms with Gasteiger partial charge in [0.15, 0.2) is 18.2 Å². The van der Waals surface area contributed by atoms with Crippen molar-refractivity contribution in [3.63, 3.8) is 0 Å². The van der Waals surface area contributed by atoms with Crippen molar-refractivity contribution in [3.05, 3.63) is 28.0 Å². The molecule has 20 heavy (non-hydrogen) atoms. The van der Waals surface area contributed by atoms with Crippen LogP contribution in [0.5, 0.6) is 0 Å². The molecule has 0 atom stereocenters. The fraction of sp³-hybridized carbons (Fsp3) is 0.571. The fourth-order valence-electron chi connectivity index (χ4n) is 2.20. The Bertz CT molecular complexity index is 463. The van der Waals surface area contributed by atoms with Crippen LogP contribution >= 0.6 is 15.9 Å². The molecule has 6 heteroatoms. The van der Waals surface area contributed by atoms with Crippen molar-refractivity contribution in [1.29, 1.82) is 0 Å². The van der Waals surface area contributed by atoms with Gasteiger partial charge in [-0.15, -0.1) is 0 Å². The topological polar surface area (TPSA) is 48.6 Å². The van der Waals surface area contributed by atoms with E-state index < -0.39 is 0 Å². The van der Waals surface area contributed by atoms with E-state index in [4.69, 9.17) is 14.2 Å². The first-order valence-corrected chi connectivity index (χ1v) is 7.40. The van der Waals surface area contributed by atoms with E-state index in [9.17, 15) is 4.79 Å². The molecule has 0 unspecified atom stereocenters. The first-order chi connectivity index (χ1) is 9.61. The zero-order valence-electron chi connectivity index (χ0n) is 11.7. The molecule has 0 aliphatic carbocycles. The van der Waals surface area contributed by atoms with Crippen molar-refractivity contribution < 1.29 is 23.6 Å². The highest BCUT2D eigenvalue weighted by atomic mass is 79.9. The minimum atomic E-state index is -0.341. The summed E-state index contributed by atoms with van der Waals surface area (Å²) < 4.78 is 18.6. The average Bonchev–Trinajstić information content (AvgIpc) is 2.46. The van der Waals surface area contributed by atoms with Gasteiger partial charge < -0.3 is 14.2 Å². The number of carbonyl (C=O) groups excluding carboxylic acids is 1. The molecule has 1 fully saturated rings. The molecule has 5 nitrogen and oxygen atoms in total. The number of aryl methyl sites for hydroxylation is 1. The number of nitrogens with zero attached hydrogens (tertiary/aromatic N) is 1. The standard InChI is InChI=1S/C14H19BrNO4/c1-16-9-10(14(17)18-2)8-11(15)12(16)4-5-13-19-6-3-7-20-13/h8-9,13H,3-7H2,1-2H3/q+1. The van der Waals surface area contributed by atoms with Crippen LogP contribution in [-0.4, -0.2) is 32.6 Å². The number of rotatable bonds is 4. The number of carbonyl (C=O) groups is 1. The molecule has 0 aromatic carbocycles. The van der Waals surface area contributed by atoms with Gasteiger partial charge in [0.1, 0.15) is 12.6 Å². The molecule has 0 amide bonds. The van der Waals surface area contributed by atoms with Crippen molar-refractivity contribution in [1.82, 2.24) is 0 Å². The fourth-order valence-corrected chi connectivity index (χ4v) is 2.92. The monoisotopic (exact) mass is 344 g/mol. The Balaban J connectivity index is 2.05. The van der Waals surface area contributed by atoms with Crippen LogP contribution in [0.2, 0.25) is 0 Å². The van der Waals surface area contributed by atoms with Crippen LogP contribution in [0.15, 0.2) is 16.7 Å². The van der Waals surface area contributed by atoms with E-state index in [-0.39, 0.29) is 12.3 Å². The molecule has 0 bridgehead atoms. The van der Waals surface area contributed by atoms with Crippen LogP contribution in [0.3, 0.4) is 0 Å². The number of halogens is 1. The second-order valence-corrected chi connectivity index (χ2v) is 5.54. The van der Waals surface area contributed by atoms with E-state index in [1.54, 1.807) is 12.3 Å². The van der Waals surface area contributed by atoms with Crippen molar-refractivity contribution >= 4 is 21.9 Å². The zero-order valence-corrected chi connectivity index (χ0v) is 13.3. The van der Waals surface area contributed by atoms with Gasteiger partial charge in [-0.1, -0.05) is 0 Å². The lowest BCUT2D eigenvalue weighted by Gasteiger charge is -2.22. The van der Waals surface area contributed by atoms with Gasteiger partial charge in [0.2, 0.25) is 0 Å². The Morgan fingerprint density at radius 1 is 1.50 bits per heavy atom. The number of aromatic nitrogens is 1. The molecule has 0 N–H and O–H groups in total. The Hall–Kier alpha value is -0.980. The summed E-state index contributed by atoms with van der Waals surface area (Å²) in [4.78, 5) is 11.5.